The molecule has 0 rings (SSSR count). The van der Waals surface area contributed by atoms with Crippen molar-refractivity contribution in [2.45, 2.75) is 0 Å². The molecule has 2 heteroatoms. The predicted octanol–water partition coefficient (Wildman–Crippen LogP) is 1.11. The lowest BCUT2D eigenvalue weighted by molar-refractivity contribution is 1.53. The average Bonchev–Trinajstić information content (AvgIpc) is 1.37. The molecule has 0 aromatic rings. The first-order valence-corrected chi connectivity index (χ1v) is 1.98. The first-order valence-electron chi connectivity index (χ1n) is 0.730. The lowest BCUT2D eigenvalue weighted by Crippen LogP contribution is -1.31. The molecule has 0 saturated heterocycles. The molecule has 0 aromatic heterocycles. The van der Waals surface area contributed by atoms with Crippen molar-refractivity contribution in [1.82, 2.24) is 0 Å². The summed E-state index contributed by atoms with van der Waals surface area (Å²) in [6, 6.07) is 1.79. The molecule has 0 atom stereocenters. The molecule has 21 valence electrons. The lowest BCUT2D eigenvalue weighted by Gasteiger charge is -1.42. The van der Waals surface area contributed by atoms with Crippen LogP contribution in [0.15, 0.2) is 0 Å². The van der Waals surface area contributed by atoms with Crippen molar-refractivity contribution in [2.75, 3.05) is 0 Å². The van der Waals surface area contributed by atoms with Crippen LogP contribution >= 0.6 is 22.6 Å². The molecule has 0 aliphatic rings. The van der Waals surface area contributed by atoms with Gasteiger partial charge in [0.15, 0.2) is 0 Å². The molecule has 0 N–H and O–H groups in total. The second kappa shape index (κ2) is 3.22. The van der Waals surface area contributed by atoms with Gasteiger partial charge in [-0.1, -0.05) is 22.6 Å². The molecule has 0 bridgehead atoms. The molecule has 1 radical (unpaired) electrons. The summed E-state index contributed by atoms with van der Waals surface area (Å²) in [4.78, 5) is 0. The van der Waals surface area contributed by atoms with Crippen molar-refractivity contribution in [3.8, 4) is 6.07 Å². The van der Waals surface area contributed by atoms with Gasteiger partial charge in [-0.25, -0.2) is 0 Å². The van der Waals surface area contributed by atoms with Gasteiger partial charge < -0.3 is 0 Å². The van der Waals surface area contributed by atoms with E-state index >= 15 is 0 Å². The zero-order valence-electron chi connectivity index (χ0n) is 1.90. The Morgan fingerprint density at radius 2 is 2.25 bits per heavy atom. The molecule has 0 amide bonds. The first-order chi connectivity index (χ1) is 1.91. The van der Waals surface area contributed by atoms with Gasteiger partial charge in [0, 0.05) is 0 Å². The molecule has 0 heterocycles. The maximum atomic E-state index is 7.56. The zero-order chi connectivity index (χ0) is 3.41. The largest absolute Gasteiger partial charge is 0.197 e. The highest BCUT2D eigenvalue weighted by atomic mass is 127. The number of nitriles is 1. The maximum Gasteiger partial charge on any atom is 0.123 e. The Kier molecular flexibility index (Phi) is 3.40. The standard InChI is InChI=1S/C2HIN/c3-1-2-4/h1H. The minimum Gasteiger partial charge on any atom is -0.197 e. The van der Waals surface area contributed by atoms with E-state index in [9.17, 15) is 0 Å². The van der Waals surface area contributed by atoms with Crippen molar-refractivity contribution in [1.29, 1.82) is 5.26 Å². The van der Waals surface area contributed by atoms with E-state index in [2.05, 4.69) is 0 Å². The second-order valence-electron chi connectivity index (χ2n) is 0.238. The normalized spacial score (nSPS) is 5.00. The van der Waals surface area contributed by atoms with Crippen molar-refractivity contribution in [2.24, 2.45) is 0 Å². The minimum absolute atomic E-state index is 1.40. The zero-order valence-corrected chi connectivity index (χ0v) is 4.06. The average molecular weight is 166 g/mol. The number of halogens is 1. The van der Waals surface area contributed by atoms with E-state index in [0.29, 0.717) is 0 Å². The molecule has 0 aliphatic heterocycles. The van der Waals surface area contributed by atoms with Gasteiger partial charge in [-0.2, -0.15) is 5.26 Å². The highest BCUT2D eigenvalue weighted by Crippen LogP contribution is 1.80. The van der Waals surface area contributed by atoms with E-state index in [1.54, 1.807) is 6.07 Å². The van der Waals surface area contributed by atoms with E-state index in [0.717, 1.165) is 0 Å². The summed E-state index contributed by atoms with van der Waals surface area (Å²) in [7, 11) is 0. The van der Waals surface area contributed by atoms with Gasteiger partial charge in [-0.3, -0.25) is 0 Å². The summed E-state index contributed by atoms with van der Waals surface area (Å²) >= 11 is 1.87. The molecule has 0 unspecified atom stereocenters. The third kappa shape index (κ3) is 2.22. The molecule has 1 nitrogen and oxygen atoms in total. The highest BCUT2D eigenvalue weighted by Gasteiger charge is 1.54. The highest BCUT2D eigenvalue weighted by molar-refractivity contribution is 14.1. The van der Waals surface area contributed by atoms with Crippen molar-refractivity contribution in [3.63, 3.8) is 0 Å². The third-order valence-electron chi connectivity index (χ3n) is 0.0488. The summed E-state index contributed by atoms with van der Waals surface area (Å²) in [5, 5.41) is 7.56. The Balaban J connectivity index is 2.43. The monoisotopic (exact) mass is 166 g/mol. The van der Waals surface area contributed by atoms with Gasteiger partial charge in [0.25, 0.3) is 0 Å². The molecule has 4 heavy (non-hydrogen) atoms. The van der Waals surface area contributed by atoms with Gasteiger partial charge >= 0.3 is 0 Å². The van der Waals surface area contributed by atoms with Crippen LogP contribution in [0, 0.1) is 15.8 Å². The second-order valence-corrected chi connectivity index (χ2v) is 0.861. The SMILES string of the molecule is N#C[CH]I. The van der Waals surface area contributed by atoms with Gasteiger partial charge in [0.1, 0.15) is 4.43 Å². The van der Waals surface area contributed by atoms with E-state index in [1.165, 1.54) is 4.43 Å². The van der Waals surface area contributed by atoms with Gasteiger partial charge in [0.05, 0.1) is 6.07 Å². The van der Waals surface area contributed by atoms with Crippen LogP contribution in [0.1, 0.15) is 0 Å². The van der Waals surface area contributed by atoms with E-state index in [1.807, 2.05) is 22.6 Å². The molecule has 0 aromatic carbocycles. The Labute approximate surface area is 38.8 Å². The summed E-state index contributed by atoms with van der Waals surface area (Å²) < 4.78 is 1.40. The van der Waals surface area contributed by atoms with E-state index in [4.69, 9.17) is 5.26 Å². The molecular formula is C2HIN. The number of hydrogen-bond donors (Lipinski definition) is 0. The van der Waals surface area contributed by atoms with E-state index < -0.39 is 0 Å². The smallest absolute Gasteiger partial charge is 0.123 e. The fraction of sp³-hybridized carbons (Fsp3) is 0. The van der Waals surface area contributed by atoms with Crippen LogP contribution in [0.4, 0.5) is 0 Å². The minimum atomic E-state index is 1.40. The molecule has 0 fully saturated rings. The maximum absolute atomic E-state index is 7.56. The third-order valence-corrected chi connectivity index (χ3v) is 0.327. The van der Waals surface area contributed by atoms with Crippen LogP contribution in [-0.2, 0) is 0 Å². The Hall–Kier alpha value is 0.220. The van der Waals surface area contributed by atoms with Crippen LogP contribution in [0.2, 0.25) is 0 Å². The van der Waals surface area contributed by atoms with Crippen LogP contribution in [0.5, 0.6) is 0 Å². The van der Waals surface area contributed by atoms with Crippen molar-refractivity contribution < 1.29 is 0 Å². The number of hydrogen-bond acceptors (Lipinski definition) is 1. The summed E-state index contributed by atoms with van der Waals surface area (Å²) in [5.41, 5.74) is 0. The summed E-state index contributed by atoms with van der Waals surface area (Å²) in [5.74, 6) is 0. The predicted molar refractivity (Wildman–Crippen MR) is 23.9 cm³/mol. The number of rotatable bonds is 0. The van der Waals surface area contributed by atoms with Gasteiger partial charge in [0.2, 0.25) is 0 Å². The van der Waals surface area contributed by atoms with Crippen LogP contribution in [0.3, 0.4) is 0 Å². The Morgan fingerprint density at radius 1 is 2.00 bits per heavy atom. The van der Waals surface area contributed by atoms with Crippen LogP contribution < -0.4 is 0 Å². The van der Waals surface area contributed by atoms with Gasteiger partial charge in [-0.05, 0) is 0 Å². The van der Waals surface area contributed by atoms with Crippen LogP contribution in [0.25, 0.3) is 0 Å². The van der Waals surface area contributed by atoms with Gasteiger partial charge in [-0.15, -0.1) is 0 Å². The fourth-order valence-corrected chi connectivity index (χ4v) is 0. The van der Waals surface area contributed by atoms with Crippen molar-refractivity contribution in [3.05, 3.63) is 4.43 Å². The summed E-state index contributed by atoms with van der Waals surface area (Å²) in [6.45, 7) is 0. The Bertz CT molecular complexity index is 35.8. The summed E-state index contributed by atoms with van der Waals surface area (Å²) in [6.07, 6.45) is 0. The molecule has 0 aliphatic carbocycles. The fourth-order valence-electron chi connectivity index (χ4n) is 0. The quantitative estimate of drug-likeness (QED) is 0.494. The Morgan fingerprint density at radius 3 is 2.25 bits per heavy atom. The first kappa shape index (κ1) is 4.22. The van der Waals surface area contributed by atoms with Crippen LogP contribution in [-0.4, -0.2) is 0 Å². The lowest BCUT2D eigenvalue weighted by atomic mass is 11.0. The molecular weight excluding hydrogens is 165 g/mol. The topological polar surface area (TPSA) is 23.8 Å². The molecule has 0 saturated carbocycles. The number of nitrogens with zero attached hydrogens (tertiary/aromatic N) is 1. The molecule has 0 spiro atoms. The van der Waals surface area contributed by atoms with Crippen molar-refractivity contribution >= 4 is 22.6 Å². The van der Waals surface area contributed by atoms with E-state index in [-0.39, 0.29) is 0 Å².